The van der Waals surface area contributed by atoms with Gasteiger partial charge in [0.15, 0.2) is 0 Å². The predicted molar refractivity (Wildman–Crippen MR) is 47.7 cm³/mol. The summed E-state index contributed by atoms with van der Waals surface area (Å²) in [6, 6.07) is 0. The van der Waals surface area contributed by atoms with Gasteiger partial charge in [-0.1, -0.05) is 11.1 Å². The molecule has 2 nitrogen and oxygen atoms in total. The van der Waals surface area contributed by atoms with Gasteiger partial charge >= 0.3 is 5.97 Å². The van der Waals surface area contributed by atoms with Crippen molar-refractivity contribution in [2.24, 2.45) is 0 Å². The molecule has 0 aromatic carbocycles. The molecule has 0 bridgehead atoms. The Morgan fingerprint density at radius 2 is 2.33 bits per heavy atom. The standard InChI is InChI=1S/C10H14O2/c1-7(2)4-9-5-8(3)6-10(11)12-9/h4,6,9H,5H2,1-3H3. The van der Waals surface area contributed by atoms with Gasteiger partial charge in [0.2, 0.25) is 0 Å². The summed E-state index contributed by atoms with van der Waals surface area (Å²) in [6.45, 7) is 5.95. The minimum Gasteiger partial charge on any atom is -0.455 e. The van der Waals surface area contributed by atoms with Gasteiger partial charge in [0.05, 0.1) is 0 Å². The van der Waals surface area contributed by atoms with Crippen LogP contribution < -0.4 is 0 Å². The lowest BCUT2D eigenvalue weighted by molar-refractivity contribution is -0.142. The molecule has 1 atom stereocenters. The number of carbonyl (C=O) groups excluding carboxylic acids is 1. The third kappa shape index (κ3) is 2.53. The third-order valence-corrected chi connectivity index (χ3v) is 1.67. The van der Waals surface area contributed by atoms with Gasteiger partial charge in [0, 0.05) is 12.5 Å². The van der Waals surface area contributed by atoms with Crippen molar-refractivity contribution in [1.82, 2.24) is 0 Å². The van der Waals surface area contributed by atoms with Crippen molar-refractivity contribution in [2.45, 2.75) is 33.3 Å². The van der Waals surface area contributed by atoms with Gasteiger partial charge in [-0.3, -0.25) is 0 Å². The normalized spacial score (nSPS) is 22.8. The maximum atomic E-state index is 10.9. The number of allylic oxidation sites excluding steroid dienone is 1. The molecule has 0 N–H and O–H groups in total. The summed E-state index contributed by atoms with van der Waals surface area (Å²) in [7, 11) is 0. The number of hydrogen-bond acceptors (Lipinski definition) is 2. The van der Waals surface area contributed by atoms with Crippen LogP contribution in [0.3, 0.4) is 0 Å². The maximum Gasteiger partial charge on any atom is 0.331 e. The first kappa shape index (κ1) is 9.04. The Kier molecular flexibility index (Phi) is 2.69. The van der Waals surface area contributed by atoms with E-state index in [0.717, 1.165) is 12.0 Å². The molecule has 2 heteroatoms. The lowest BCUT2D eigenvalue weighted by Crippen LogP contribution is -2.20. The predicted octanol–water partition coefficient (Wildman–Crippen LogP) is 2.21. The number of rotatable bonds is 1. The molecule has 1 aliphatic heterocycles. The van der Waals surface area contributed by atoms with Crippen LogP contribution in [0, 0.1) is 0 Å². The summed E-state index contributed by atoms with van der Waals surface area (Å²) < 4.78 is 5.08. The molecule has 0 amide bonds. The number of cyclic esters (lactones) is 1. The molecule has 0 radical (unpaired) electrons. The molecule has 1 heterocycles. The summed E-state index contributed by atoms with van der Waals surface area (Å²) in [5.74, 6) is -0.221. The fraction of sp³-hybridized carbons (Fsp3) is 0.500. The monoisotopic (exact) mass is 166 g/mol. The van der Waals surface area contributed by atoms with Crippen LogP contribution in [0.1, 0.15) is 27.2 Å². The number of esters is 1. The van der Waals surface area contributed by atoms with Crippen molar-refractivity contribution in [2.75, 3.05) is 0 Å². The van der Waals surface area contributed by atoms with E-state index < -0.39 is 0 Å². The number of carbonyl (C=O) groups is 1. The zero-order valence-corrected chi connectivity index (χ0v) is 7.76. The second-order valence-corrected chi connectivity index (χ2v) is 3.41. The van der Waals surface area contributed by atoms with Crippen LogP contribution in [0.5, 0.6) is 0 Å². The summed E-state index contributed by atoms with van der Waals surface area (Å²) >= 11 is 0. The lowest BCUT2D eigenvalue weighted by Gasteiger charge is -2.18. The van der Waals surface area contributed by atoms with E-state index in [2.05, 4.69) is 0 Å². The van der Waals surface area contributed by atoms with Crippen molar-refractivity contribution in [3.05, 3.63) is 23.3 Å². The highest BCUT2D eigenvalue weighted by Gasteiger charge is 2.16. The molecule has 1 unspecified atom stereocenters. The molecule has 1 aliphatic rings. The molecule has 0 spiro atoms. The van der Waals surface area contributed by atoms with E-state index >= 15 is 0 Å². The molecule has 12 heavy (non-hydrogen) atoms. The van der Waals surface area contributed by atoms with Gasteiger partial charge in [-0.05, 0) is 26.8 Å². The fourth-order valence-corrected chi connectivity index (χ4v) is 1.27. The van der Waals surface area contributed by atoms with Gasteiger partial charge in [-0.2, -0.15) is 0 Å². The Labute approximate surface area is 72.9 Å². The van der Waals surface area contributed by atoms with E-state index in [1.807, 2.05) is 26.8 Å². The Morgan fingerprint density at radius 1 is 1.67 bits per heavy atom. The first-order chi connectivity index (χ1) is 5.58. The average molecular weight is 166 g/mol. The van der Waals surface area contributed by atoms with E-state index in [0.29, 0.717) is 0 Å². The topological polar surface area (TPSA) is 26.3 Å². The minimum atomic E-state index is -0.221. The van der Waals surface area contributed by atoms with Crippen molar-refractivity contribution < 1.29 is 9.53 Å². The molecule has 1 rings (SSSR count). The third-order valence-electron chi connectivity index (χ3n) is 1.67. The van der Waals surface area contributed by atoms with Crippen LogP contribution in [-0.2, 0) is 9.53 Å². The van der Waals surface area contributed by atoms with E-state index in [4.69, 9.17) is 4.74 Å². The van der Waals surface area contributed by atoms with E-state index in [1.165, 1.54) is 5.57 Å². The molecular formula is C10H14O2. The smallest absolute Gasteiger partial charge is 0.331 e. The number of hydrogen-bond donors (Lipinski definition) is 0. The Bertz CT molecular complexity index is 245. The molecule has 66 valence electrons. The Morgan fingerprint density at radius 3 is 2.83 bits per heavy atom. The highest BCUT2D eigenvalue weighted by atomic mass is 16.5. The molecule has 0 aliphatic carbocycles. The van der Waals surface area contributed by atoms with Gasteiger partial charge in [-0.25, -0.2) is 4.79 Å². The maximum absolute atomic E-state index is 10.9. The van der Waals surface area contributed by atoms with E-state index in [-0.39, 0.29) is 12.1 Å². The largest absolute Gasteiger partial charge is 0.455 e. The van der Waals surface area contributed by atoms with Crippen LogP contribution >= 0.6 is 0 Å². The van der Waals surface area contributed by atoms with Gasteiger partial charge in [-0.15, -0.1) is 0 Å². The van der Waals surface area contributed by atoms with Crippen LogP contribution in [-0.4, -0.2) is 12.1 Å². The first-order valence-corrected chi connectivity index (χ1v) is 4.11. The minimum absolute atomic E-state index is 0.0486. The Hall–Kier alpha value is -1.05. The van der Waals surface area contributed by atoms with Crippen LogP contribution in [0.4, 0.5) is 0 Å². The molecule has 0 aromatic heterocycles. The zero-order chi connectivity index (χ0) is 9.14. The van der Waals surface area contributed by atoms with Crippen molar-refractivity contribution in [3.8, 4) is 0 Å². The van der Waals surface area contributed by atoms with Crippen molar-refractivity contribution in [3.63, 3.8) is 0 Å². The summed E-state index contributed by atoms with van der Waals surface area (Å²) in [5.41, 5.74) is 2.27. The van der Waals surface area contributed by atoms with Crippen LogP contribution in [0.15, 0.2) is 23.3 Å². The van der Waals surface area contributed by atoms with Crippen molar-refractivity contribution in [1.29, 1.82) is 0 Å². The average Bonchev–Trinajstić information content (AvgIpc) is 1.81. The van der Waals surface area contributed by atoms with Crippen molar-refractivity contribution >= 4 is 5.97 Å². The number of ether oxygens (including phenoxy) is 1. The molecular weight excluding hydrogens is 152 g/mol. The van der Waals surface area contributed by atoms with E-state index in [9.17, 15) is 4.79 Å². The van der Waals surface area contributed by atoms with Gasteiger partial charge in [0.25, 0.3) is 0 Å². The first-order valence-electron chi connectivity index (χ1n) is 4.11. The van der Waals surface area contributed by atoms with Crippen LogP contribution in [0.2, 0.25) is 0 Å². The van der Waals surface area contributed by atoms with Crippen LogP contribution in [0.25, 0.3) is 0 Å². The zero-order valence-electron chi connectivity index (χ0n) is 7.76. The SMILES string of the molecule is CC(C)=CC1CC(C)=CC(=O)O1. The summed E-state index contributed by atoms with van der Waals surface area (Å²) in [6.07, 6.45) is 4.31. The molecule has 0 saturated heterocycles. The Balaban J connectivity index is 2.68. The van der Waals surface area contributed by atoms with Gasteiger partial charge < -0.3 is 4.74 Å². The molecule has 0 aromatic rings. The summed E-state index contributed by atoms with van der Waals surface area (Å²) in [4.78, 5) is 10.9. The second kappa shape index (κ2) is 3.57. The highest BCUT2D eigenvalue weighted by molar-refractivity contribution is 5.83. The second-order valence-electron chi connectivity index (χ2n) is 3.41. The highest BCUT2D eigenvalue weighted by Crippen LogP contribution is 2.16. The fourth-order valence-electron chi connectivity index (χ4n) is 1.27. The van der Waals surface area contributed by atoms with E-state index in [1.54, 1.807) is 6.08 Å². The molecule has 0 fully saturated rings. The molecule has 0 saturated carbocycles. The quantitative estimate of drug-likeness (QED) is 0.441. The summed E-state index contributed by atoms with van der Waals surface area (Å²) in [5, 5.41) is 0. The van der Waals surface area contributed by atoms with Gasteiger partial charge in [0.1, 0.15) is 6.10 Å². The lowest BCUT2D eigenvalue weighted by atomic mass is 10.1.